The lowest BCUT2D eigenvalue weighted by Crippen LogP contribution is -2.29. The standard InChI is InChI=1S/C22H21FN2O5S2/c1-3-17(22(26)27)20(24)32(28,29)16-10-6-13(7-11-16)19(31)18-12(2)30-21(25-18)14-4-8-15(23)9-5-14/h4-11,17,19,24,31H,3H2,1-2H3,(H,26,27)/t17-,19?/m0/s1. The molecule has 7 nitrogen and oxygen atoms in total. The Morgan fingerprint density at radius 2 is 1.78 bits per heavy atom. The Hall–Kier alpha value is -2.98. The van der Waals surface area contributed by atoms with Gasteiger partial charge in [-0.2, -0.15) is 12.6 Å². The number of hydrogen-bond donors (Lipinski definition) is 3. The number of rotatable bonds is 7. The van der Waals surface area contributed by atoms with Crippen molar-refractivity contribution in [1.29, 1.82) is 5.41 Å². The van der Waals surface area contributed by atoms with Crippen LogP contribution in [0.25, 0.3) is 11.5 Å². The fourth-order valence-corrected chi connectivity index (χ4v) is 4.95. The van der Waals surface area contributed by atoms with E-state index in [-0.39, 0.29) is 17.1 Å². The summed E-state index contributed by atoms with van der Waals surface area (Å²) in [6.45, 7) is 3.23. The van der Waals surface area contributed by atoms with E-state index >= 15 is 0 Å². The molecule has 0 aliphatic carbocycles. The maximum Gasteiger partial charge on any atom is 0.313 e. The summed E-state index contributed by atoms with van der Waals surface area (Å²) in [5.74, 6) is -2.31. The summed E-state index contributed by atoms with van der Waals surface area (Å²) in [7, 11) is -4.23. The minimum atomic E-state index is -4.23. The van der Waals surface area contributed by atoms with Crippen molar-refractivity contribution in [2.75, 3.05) is 0 Å². The highest BCUT2D eigenvalue weighted by molar-refractivity contribution is 8.06. The zero-order valence-corrected chi connectivity index (χ0v) is 19.0. The highest BCUT2D eigenvalue weighted by Crippen LogP contribution is 2.33. The maximum absolute atomic E-state index is 13.2. The normalized spacial score (nSPS) is 13.5. The van der Waals surface area contributed by atoms with Crippen molar-refractivity contribution < 1.29 is 27.1 Å². The number of aromatic nitrogens is 1. The molecule has 0 saturated heterocycles. The first-order chi connectivity index (χ1) is 15.1. The van der Waals surface area contributed by atoms with E-state index in [0.29, 0.717) is 28.5 Å². The second-order valence-corrected chi connectivity index (χ2v) is 9.54. The summed E-state index contributed by atoms with van der Waals surface area (Å²) in [4.78, 5) is 15.5. The third kappa shape index (κ3) is 4.61. The fraction of sp³-hybridized carbons (Fsp3) is 0.227. The lowest BCUT2D eigenvalue weighted by atomic mass is 10.1. The van der Waals surface area contributed by atoms with Gasteiger partial charge in [0.2, 0.25) is 15.7 Å². The van der Waals surface area contributed by atoms with Gasteiger partial charge in [0.25, 0.3) is 0 Å². The van der Waals surface area contributed by atoms with Crippen LogP contribution in [-0.2, 0) is 14.6 Å². The highest BCUT2D eigenvalue weighted by Gasteiger charge is 2.32. The molecule has 0 radical (unpaired) electrons. The minimum Gasteiger partial charge on any atom is -0.481 e. The Morgan fingerprint density at radius 1 is 1.19 bits per heavy atom. The third-order valence-electron chi connectivity index (χ3n) is 5.00. The van der Waals surface area contributed by atoms with Gasteiger partial charge in [-0.05, 0) is 55.3 Å². The molecule has 3 aromatic rings. The van der Waals surface area contributed by atoms with Crippen LogP contribution in [0, 0.1) is 24.1 Å². The number of benzene rings is 2. The third-order valence-corrected chi connectivity index (χ3v) is 7.30. The van der Waals surface area contributed by atoms with Crippen LogP contribution in [-0.4, -0.2) is 29.5 Å². The Kier molecular flexibility index (Phi) is 6.85. The molecule has 0 aliphatic heterocycles. The van der Waals surface area contributed by atoms with E-state index in [0.717, 1.165) is 0 Å². The Labute approximate surface area is 190 Å². The van der Waals surface area contributed by atoms with Gasteiger partial charge in [-0.3, -0.25) is 10.2 Å². The van der Waals surface area contributed by atoms with E-state index < -0.39 is 32.0 Å². The number of sulfone groups is 1. The number of thiol groups is 1. The molecule has 0 saturated carbocycles. The van der Waals surface area contributed by atoms with Crippen LogP contribution in [0.1, 0.15) is 35.6 Å². The van der Waals surface area contributed by atoms with Crippen molar-refractivity contribution in [1.82, 2.24) is 4.98 Å². The number of carboxylic acid groups (broad SMARTS) is 1. The highest BCUT2D eigenvalue weighted by atomic mass is 32.2. The molecule has 168 valence electrons. The molecular weight excluding hydrogens is 455 g/mol. The van der Waals surface area contributed by atoms with Gasteiger partial charge in [-0.1, -0.05) is 19.1 Å². The molecule has 2 atom stereocenters. The number of aliphatic carboxylic acids is 1. The van der Waals surface area contributed by atoms with Crippen LogP contribution in [0.3, 0.4) is 0 Å². The van der Waals surface area contributed by atoms with Gasteiger partial charge < -0.3 is 9.52 Å². The van der Waals surface area contributed by atoms with Gasteiger partial charge in [-0.15, -0.1) is 0 Å². The van der Waals surface area contributed by atoms with Crippen LogP contribution in [0.4, 0.5) is 4.39 Å². The van der Waals surface area contributed by atoms with Crippen molar-refractivity contribution in [3.05, 3.63) is 71.4 Å². The Morgan fingerprint density at radius 3 is 2.31 bits per heavy atom. The van der Waals surface area contributed by atoms with E-state index in [1.807, 2.05) is 0 Å². The lowest BCUT2D eigenvalue weighted by molar-refractivity contribution is -0.139. The molecule has 0 bridgehead atoms. The molecule has 1 unspecified atom stereocenters. The molecule has 3 rings (SSSR count). The number of oxazole rings is 1. The summed E-state index contributed by atoms with van der Waals surface area (Å²) in [5, 5.41) is 15.7. The first-order valence-corrected chi connectivity index (χ1v) is 11.6. The van der Waals surface area contributed by atoms with Crippen LogP contribution >= 0.6 is 12.6 Å². The maximum atomic E-state index is 13.2. The number of carbonyl (C=O) groups is 1. The summed E-state index contributed by atoms with van der Waals surface area (Å²) in [5.41, 5.74) is 1.75. The molecule has 2 aromatic carbocycles. The second kappa shape index (κ2) is 9.25. The van der Waals surface area contributed by atoms with Crippen LogP contribution in [0.5, 0.6) is 0 Å². The van der Waals surface area contributed by atoms with Crippen molar-refractivity contribution in [2.45, 2.75) is 30.4 Å². The summed E-state index contributed by atoms with van der Waals surface area (Å²) in [6.07, 6.45) is -0.00792. The van der Waals surface area contributed by atoms with E-state index in [9.17, 15) is 22.7 Å². The number of aryl methyl sites for hydroxylation is 1. The molecule has 0 aliphatic rings. The van der Waals surface area contributed by atoms with Crippen LogP contribution in [0.15, 0.2) is 57.8 Å². The number of halogens is 1. The predicted molar refractivity (Wildman–Crippen MR) is 120 cm³/mol. The second-order valence-electron chi connectivity index (χ2n) is 7.11. The molecule has 1 heterocycles. The largest absolute Gasteiger partial charge is 0.481 e. The van der Waals surface area contributed by atoms with E-state index in [1.54, 1.807) is 19.1 Å². The molecule has 2 N–H and O–H groups in total. The number of nitrogens with one attached hydrogen (secondary N) is 1. The summed E-state index contributed by atoms with van der Waals surface area (Å²) in [6, 6.07) is 11.4. The van der Waals surface area contributed by atoms with Crippen LogP contribution < -0.4 is 0 Å². The molecule has 32 heavy (non-hydrogen) atoms. The first kappa shape index (κ1) is 23.7. The predicted octanol–water partition coefficient (Wildman–Crippen LogP) is 4.67. The van der Waals surface area contributed by atoms with Crippen LogP contribution in [0.2, 0.25) is 0 Å². The quantitative estimate of drug-likeness (QED) is 0.259. The Balaban J connectivity index is 1.87. The van der Waals surface area contributed by atoms with E-state index in [1.165, 1.54) is 43.3 Å². The average Bonchev–Trinajstić information content (AvgIpc) is 3.15. The number of hydrogen-bond acceptors (Lipinski definition) is 7. The number of carboxylic acids is 1. The molecule has 1 aromatic heterocycles. The zero-order chi connectivity index (χ0) is 23.6. The first-order valence-electron chi connectivity index (χ1n) is 9.63. The van der Waals surface area contributed by atoms with Crippen molar-refractivity contribution >= 4 is 33.5 Å². The molecule has 0 fully saturated rings. The molecular formula is C22H21FN2O5S2. The Bertz CT molecular complexity index is 1250. The van der Waals surface area contributed by atoms with Crippen molar-refractivity contribution in [3.8, 4) is 11.5 Å². The van der Waals surface area contributed by atoms with Gasteiger partial charge in [-0.25, -0.2) is 17.8 Å². The molecule has 10 heteroatoms. The topological polar surface area (TPSA) is 121 Å². The smallest absolute Gasteiger partial charge is 0.313 e. The lowest BCUT2D eigenvalue weighted by Gasteiger charge is -2.13. The van der Waals surface area contributed by atoms with Gasteiger partial charge in [0.1, 0.15) is 22.5 Å². The average molecular weight is 477 g/mol. The van der Waals surface area contributed by atoms with Gasteiger partial charge in [0.15, 0.2) is 0 Å². The fourth-order valence-electron chi connectivity index (χ4n) is 3.15. The zero-order valence-electron chi connectivity index (χ0n) is 17.2. The molecule has 0 amide bonds. The van der Waals surface area contributed by atoms with E-state index in [4.69, 9.17) is 9.83 Å². The van der Waals surface area contributed by atoms with Crippen molar-refractivity contribution in [2.24, 2.45) is 5.92 Å². The SMILES string of the molecule is CC[C@@H](C(=N)S(=O)(=O)c1ccc(C(S)c2nc(-c3ccc(F)cc3)oc2C)cc1)C(=O)O. The molecule has 0 spiro atoms. The monoisotopic (exact) mass is 476 g/mol. The van der Waals surface area contributed by atoms with E-state index in [2.05, 4.69) is 17.6 Å². The summed E-state index contributed by atoms with van der Waals surface area (Å²) >= 11 is 4.59. The van der Waals surface area contributed by atoms with Crippen molar-refractivity contribution in [3.63, 3.8) is 0 Å². The number of nitrogens with zero attached hydrogens (tertiary/aromatic N) is 1. The minimum absolute atomic E-state index is 0.00792. The summed E-state index contributed by atoms with van der Waals surface area (Å²) < 4.78 is 44.2. The van der Waals surface area contributed by atoms with Gasteiger partial charge in [0.05, 0.1) is 15.8 Å². The van der Waals surface area contributed by atoms with Gasteiger partial charge in [0, 0.05) is 5.56 Å². The van der Waals surface area contributed by atoms with Gasteiger partial charge >= 0.3 is 5.97 Å².